The zero-order valence-electron chi connectivity index (χ0n) is 18.4. The van der Waals surface area contributed by atoms with Crippen molar-refractivity contribution in [2.24, 2.45) is 0 Å². The lowest BCUT2D eigenvalue weighted by atomic mass is 10.1. The van der Waals surface area contributed by atoms with E-state index in [1.54, 1.807) is 24.1 Å². The van der Waals surface area contributed by atoms with E-state index >= 15 is 0 Å². The number of benzene rings is 1. The molecule has 10 heteroatoms. The predicted molar refractivity (Wildman–Crippen MR) is 132 cm³/mol. The fraction of sp³-hybridized carbons (Fsp3) is 0.208. The summed E-state index contributed by atoms with van der Waals surface area (Å²) in [4.78, 5) is 25.9. The summed E-state index contributed by atoms with van der Waals surface area (Å²) in [6, 6.07) is 14.7. The second kappa shape index (κ2) is 9.11. The van der Waals surface area contributed by atoms with Crippen LogP contribution in [0.1, 0.15) is 12.5 Å². The highest BCUT2D eigenvalue weighted by Crippen LogP contribution is 2.34. The van der Waals surface area contributed by atoms with Gasteiger partial charge in [0.05, 0.1) is 29.9 Å². The van der Waals surface area contributed by atoms with Crippen LogP contribution in [0.2, 0.25) is 0 Å². The summed E-state index contributed by atoms with van der Waals surface area (Å²) < 4.78 is 30.3. The van der Waals surface area contributed by atoms with Gasteiger partial charge in [0, 0.05) is 35.0 Å². The molecule has 1 fully saturated rings. The molecule has 0 bridgehead atoms. The molecule has 1 aliphatic heterocycles. The highest BCUT2D eigenvalue weighted by atomic mass is 32.2. The molecular weight excluding hydrogens is 472 g/mol. The lowest BCUT2D eigenvalue weighted by molar-refractivity contribution is 0.227. The van der Waals surface area contributed by atoms with Crippen LogP contribution in [0.15, 0.2) is 66.0 Å². The van der Waals surface area contributed by atoms with Gasteiger partial charge in [0.25, 0.3) is 5.24 Å². The van der Waals surface area contributed by atoms with E-state index in [0.29, 0.717) is 24.6 Å². The number of pyridine rings is 2. The van der Waals surface area contributed by atoms with Crippen LogP contribution < -0.4 is 4.74 Å². The topological polar surface area (TPSA) is 105 Å². The van der Waals surface area contributed by atoms with Crippen molar-refractivity contribution in [3.8, 4) is 22.9 Å². The fourth-order valence-electron chi connectivity index (χ4n) is 3.74. The molecule has 3 aromatic heterocycles. The molecule has 0 aliphatic carbocycles. The third kappa shape index (κ3) is 4.51. The van der Waals surface area contributed by atoms with Gasteiger partial charge in [-0.2, -0.15) is 0 Å². The third-order valence-corrected chi connectivity index (χ3v) is 8.12. The molecule has 0 saturated carbocycles. The molecule has 0 atom stereocenters. The number of nitrogens with one attached hydrogen (secondary N) is 1. The predicted octanol–water partition coefficient (Wildman–Crippen LogP) is 4.88. The number of rotatable bonds is 7. The molecule has 1 N–H and O–H groups in total. The van der Waals surface area contributed by atoms with Gasteiger partial charge in [0.15, 0.2) is 14.9 Å². The van der Waals surface area contributed by atoms with E-state index in [1.807, 2.05) is 36.4 Å². The number of nitrogens with zero attached hydrogens (tertiary/aromatic N) is 3. The Hall–Kier alpha value is -3.37. The molecule has 174 valence electrons. The number of hydrogen-bond acceptors (Lipinski definition) is 7. The van der Waals surface area contributed by atoms with Gasteiger partial charge < -0.3 is 14.6 Å². The quantitative estimate of drug-likeness (QED) is 0.390. The summed E-state index contributed by atoms with van der Waals surface area (Å²) in [6.07, 6.45) is 3.15. The Morgan fingerprint density at radius 3 is 2.71 bits per heavy atom. The molecule has 1 aromatic carbocycles. The van der Waals surface area contributed by atoms with E-state index in [2.05, 4.69) is 15.0 Å². The molecule has 34 heavy (non-hydrogen) atoms. The number of aromatic amines is 1. The lowest BCUT2D eigenvalue weighted by Crippen LogP contribution is -2.22. The molecule has 0 spiro atoms. The number of fused-ring (bicyclic) bond motifs is 1. The zero-order chi connectivity index (χ0) is 23.7. The number of thioether (sulfide) groups is 1. The van der Waals surface area contributed by atoms with Gasteiger partial charge in [0.2, 0.25) is 0 Å². The summed E-state index contributed by atoms with van der Waals surface area (Å²) in [5.74, 6) is 1.74. The summed E-state index contributed by atoms with van der Waals surface area (Å²) >= 11 is 1.31. The Morgan fingerprint density at radius 2 is 2.03 bits per heavy atom. The number of amides is 1. The second-order valence-electron chi connectivity index (χ2n) is 7.82. The first-order valence-corrected chi connectivity index (χ1v) is 13.4. The number of H-pyrrole nitrogens is 1. The molecule has 8 nitrogen and oxygen atoms in total. The monoisotopic (exact) mass is 494 g/mol. The molecule has 1 saturated heterocycles. The second-order valence-corrected chi connectivity index (χ2v) is 11.1. The van der Waals surface area contributed by atoms with Crippen LogP contribution in [-0.4, -0.2) is 51.6 Å². The normalized spacial score (nSPS) is 14.1. The third-order valence-electron chi connectivity index (χ3n) is 5.58. The summed E-state index contributed by atoms with van der Waals surface area (Å²) in [7, 11) is -3.39. The Morgan fingerprint density at radius 1 is 1.15 bits per heavy atom. The molecule has 1 amide bonds. The van der Waals surface area contributed by atoms with Crippen molar-refractivity contribution in [1.82, 2.24) is 19.9 Å². The first-order chi connectivity index (χ1) is 16.4. The van der Waals surface area contributed by atoms with Crippen molar-refractivity contribution >= 4 is 37.7 Å². The fourth-order valence-corrected chi connectivity index (χ4v) is 5.35. The lowest BCUT2D eigenvalue weighted by Gasteiger charge is -2.18. The largest absolute Gasteiger partial charge is 0.455 e. The van der Waals surface area contributed by atoms with Crippen molar-refractivity contribution in [3.05, 3.63) is 66.5 Å². The summed E-state index contributed by atoms with van der Waals surface area (Å²) in [5, 5.41) is 0.991. The molecule has 0 radical (unpaired) electrons. The number of aromatic nitrogens is 3. The minimum Gasteiger partial charge on any atom is -0.455 e. The Kier molecular flexibility index (Phi) is 6.01. The van der Waals surface area contributed by atoms with Crippen molar-refractivity contribution in [3.63, 3.8) is 0 Å². The van der Waals surface area contributed by atoms with Crippen LogP contribution in [0.5, 0.6) is 11.5 Å². The first kappa shape index (κ1) is 22.4. The Bertz CT molecular complexity index is 1450. The van der Waals surface area contributed by atoms with Crippen molar-refractivity contribution in [2.75, 3.05) is 18.1 Å². The van der Waals surface area contributed by atoms with Gasteiger partial charge in [-0.25, -0.2) is 13.4 Å². The molecule has 4 heterocycles. The van der Waals surface area contributed by atoms with Crippen molar-refractivity contribution < 1.29 is 17.9 Å². The summed E-state index contributed by atoms with van der Waals surface area (Å²) in [6.45, 7) is 2.66. The highest BCUT2D eigenvalue weighted by molar-refractivity contribution is 8.13. The van der Waals surface area contributed by atoms with Gasteiger partial charge in [-0.15, -0.1) is 0 Å². The number of carbonyl (C=O) groups is 1. The van der Waals surface area contributed by atoms with Crippen LogP contribution in [0, 0.1) is 0 Å². The maximum absolute atomic E-state index is 12.2. The molecular formula is C24H22N4O4S2. The van der Waals surface area contributed by atoms with Crippen LogP contribution in [-0.2, 0) is 16.4 Å². The maximum Gasteiger partial charge on any atom is 0.282 e. The Balaban J connectivity index is 1.52. The minimum atomic E-state index is -3.39. The maximum atomic E-state index is 12.2. The molecule has 1 aliphatic rings. The van der Waals surface area contributed by atoms with E-state index in [0.717, 1.165) is 33.6 Å². The smallest absolute Gasteiger partial charge is 0.282 e. The van der Waals surface area contributed by atoms with E-state index in [-0.39, 0.29) is 16.0 Å². The average molecular weight is 495 g/mol. The highest BCUT2D eigenvalue weighted by Gasteiger charge is 2.23. The van der Waals surface area contributed by atoms with Crippen LogP contribution in [0.25, 0.3) is 22.3 Å². The van der Waals surface area contributed by atoms with E-state index in [1.165, 1.54) is 24.0 Å². The van der Waals surface area contributed by atoms with E-state index in [9.17, 15) is 13.2 Å². The van der Waals surface area contributed by atoms with Gasteiger partial charge in [-0.3, -0.25) is 9.78 Å². The van der Waals surface area contributed by atoms with Gasteiger partial charge in [0.1, 0.15) is 11.5 Å². The van der Waals surface area contributed by atoms with Gasteiger partial charge in [-0.05, 0) is 42.5 Å². The van der Waals surface area contributed by atoms with Crippen LogP contribution >= 0.6 is 11.8 Å². The summed E-state index contributed by atoms with van der Waals surface area (Å²) in [5.41, 5.74) is 3.45. The number of ether oxygens (including phenoxy) is 1. The first-order valence-electron chi connectivity index (χ1n) is 10.8. The molecule has 0 unspecified atom stereocenters. The van der Waals surface area contributed by atoms with E-state index in [4.69, 9.17) is 4.74 Å². The number of carbonyl (C=O) groups excluding carboxylic acids is 1. The average Bonchev–Trinajstić information content (AvgIpc) is 3.45. The van der Waals surface area contributed by atoms with Crippen LogP contribution in [0.3, 0.4) is 0 Å². The van der Waals surface area contributed by atoms with Gasteiger partial charge in [-0.1, -0.05) is 24.8 Å². The van der Waals surface area contributed by atoms with E-state index < -0.39 is 9.84 Å². The molecule has 5 rings (SSSR count). The van der Waals surface area contributed by atoms with Crippen molar-refractivity contribution in [2.45, 2.75) is 18.5 Å². The molecule has 4 aromatic rings. The number of sulfone groups is 1. The standard InChI is InChI=1S/C24H22N4O4S2/c1-2-34(30,31)23-7-6-18(14-26-23)32-22-13-16-11-21(19-5-3-4-8-25-19)27-20(16)12-17(22)15-28-9-10-33-24(28)29/h3-8,11-14,27H,2,9-10,15H2,1H3. The zero-order valence-corrected chi connectivity index (χ0v) is 20.0. The SMILES string of the molecule is CCS(=O)(=O)c1ccc(Oc2cc3cc(-c4ccccn4)[nH]c3cc2CN2CCSC2=O)cn1. The minimum absolute atomic E-state index is 0.0170. The number of hydrogen-bond donors (Lipinski definition) is 1. The van der Waals surface area contributed by atoms with Gasteiger partial charge >= 0.3 is 0 Å². The van der Waals surface area contributed by atoms with Crippen LogP contribution in [0.4, 0.5) is 4.79 Å². The van der Waals surface area contributed by atoms with Crippen molar-refractivity contribution in [1.29, 1.82) is 0 Å². The Labute approximate surface area is 201 Å².